The van der Waals surface area contributed by atoms with Crippen LogP contribution in [0.4, 0.5) is 0 Å². The summed E-state index contributed by atoms with van der Waals surface area (Å²) >= 11 is 0. The van der Waals surface area contributed by atoms with Gasteiger partial charge in [-0.3, -0.25) is 14.6 Å². The van der Waals surface area contributed by atoms with E-state index in [-0.39, 0.29) is 17.2 Å². The highest BCUT2D eigenvalue weighted by Gasteiger charge is 2.43. The van der Waals surface area contributed by atoms with Gasteiger partial charge in [0.15, 0.2) is 0 Å². The van der Waals surface area contributed by atoms with Crippen molar-refractivity contribution < 1.29 is 14.0 Å². The lowest BCUT2D eigenvalue weighted by Crippen LogP contribution is -2.48. The smallest absolute Gasteiger partial charge is 0.257 e. The topological polar surface area (TPSA) is 66.7 Å². The van der Waals surface area contributed by atoms with Gasteiger partial charge in [-0.1, -0.05) is 6.07 Å². The van der Waals surface area contributed by atoms with Gasteiger partial charge in [-0.15, -0.1) is 0 Å². The average Bonchev–Trinajstić information content (AvgIpc) is 3.33. The van der Waals surface area contributed by atoms with Crippen LogP contribution in [-0.4, -0.2) is 52.8 Å². The van der Waals surface area contributed by atoms with E-state index in [0.717, 1.165) is 44.5 Å². The zero-order valence-electron chi connectivity index (χ0n) is 14.8. The fourth-order valence-electron chi connectivity index (χ4n) is 4.22. The quantitative estimate of drug-likeness (QED) is 0.850. The van der Waals surface area contributed by atoms with Gasteiger partial charge >= 0.3 is 0 Å². The van der Waals surface area contributed by atoms with Crippen LogP contribution in [-0.2, 0) is 11.2 Å². The second kappa shape index (κ2) is 6.94. The minimum absolute atomic E-state index is 0.0226. The summed E-state index contributed by atoms with van der Waals surface area (Å²) in [4.78, 5) is 33.2. The molecule has 2 aromatic heterocycles. The fraction of sp³-hybridized carbons (Fsp3) is 0.450. The second-order valence-electron chi connectivity index (χ2n) is 7.45. The molecular weight excluding hydrogens is 330 g/mol. The molecule has 2 fully saturated rings. The number of hydrogen-bond acceptors (Lipinski definition) is 4. The van der Waals surface area contributed by atoms with Crippen molar-refractivity contribution in [3.05, 3.63) is 54.2 Å². The van der Waals surface area contributed by atoms with Gasteiger partial charge in [0, 0.05) is 44.0 Å². The molecule has 6 heteroatoms. The van der Waals surface area contributed by atoms with E-state index in [1.165, 1.54) is 12.5 Å². The number of nitrogens with zero attached hydrogens (tertiary/aromatic N) is 3. The van der Waals surface area contributed by atoms with Crippen LogP contribution < -0.4 is 0 Å². The third-order valence-electron chi connectivity index (χ3n) is 5.59. The minimum Gasteiger partial charge on any atom is -0.472 e. The monoisotopic (exact) mass is 353 g/mol. The van der Waals surface area contributed by atoms with E-state index in [2.05, 4.69) is 4.98 Å². The SMILES string of the molecule is O=C(Cc1cccnc1)N1CCC[C@@]2(CCN(C(=O)c3ccoc3)C2)C1. The van der Waals surface area contributed by atoms with Crippen molar-refractivity contribution in [2.45, 2.75) is 25.7 Å². The number of carbonyl (C=O) groups excluding carboxylic acids is 2. The van der Waals surface area contributed by atoms with Crippen LogP contribution in [0.2, 0.25) is 0 Å². The highest BCUT2D eigenvalue weighted by atomic mass is 16.3. The standard InChI is InChI=1S/C20H23N3O3/c24-18(11-16-3-1-7-21-12-16)22-8-2-5-20(14-22)6-9-23(15-20)19(25)17-4-10-26-13-17/h1,3-4,7,10,12-13H,2,5-6,8-9,11,14-15H2/t20-/m1/s1. The summed E-state index contributed by atoms with van der Waals surface area (Å²) in [6.07, 6.45) is 9.89. The van der Waals surface area contributed by atoms with Crippen LogP contribution in [0.15, 0.2) is 47.5 Å². The molecule has 0 aromatic carbocycles. The van der Waals surface area contributed by atoms with E-state index in [1.807, 2.05) is 21.9 Å². The first kappa shape index (κ1) is 16.8. The number of furan rings is 1. The Hall–Kier alpha value is -2.63. The molecule has 4 heterocycles. The summed E-state index contributed by atoms with van der Waals surface area (Å²) in [6.45, 7) is 3.00. The van der Waals surface area contributed by atoms with E-state index in [9.17, 15) is 9.59 Å². The maximum atomic E-state index is 12.7. The van der Waals surface area contributed by atoms with Gasteiger partial charge in [0.2, 0.25) is 5.91 Å². The third kappa shape index (κ3) is 3.36. The van der Waals surface area contributed by atoms with Gasteiger partial charge in [-0.25, -0.2) is 0 Å². The number of piperidine rings is 1. The first-order chi connectivity index (χ1) is 12.7. The Kier molecular flexibility index (Phi) is 4.49. The molecule has 2 saturated heterocycles. The summed E-state index contributed by atoms with van der Waals surface area (Å²) in [5.41, 5.74) is 1.57. The highest BCUT2D eigenvalue weighted by Crippen LogP contribution is 2.39. The molecule has 0 aliphatic carbocycles. The Bertz CT molecular complexity index is 775. The highest BCUT2D eigenvalue weighted by molar-refractivity contribution is 5.94. The second-order valence-corrected chi connectivity index (χ2v) is 7.45. The van der Waals surface area contributed by atoms with Crippen molar-refractivity contribution >= 4 is 11.8 Å². The molecule has 2 aliphatic heterocycles. The molecule has 0 saturated carbocycles. The maximum absolute atomic E-state index is 12.7. The first-order valence-electron chi connectivity index (χ1n) is 9.13. The molecule has 2 amide bonds. The Morgan fingerprint density at radius 3 is 2.81 bits per heavy atom. The lowest BCUT2D eigenvalue weighted by molar-refractivity contribution is -0.133. The molecule has 136 valence electrons. The van der Waals surface area contributed by atoms with Crippen molar-refractivity contribution in [1.29, 1.82) is 0 Å². The molecule has 0 radical (unpaired) electrons. The minimum atomic E-state index is 0.0226. The van der Waals surface area contributed by atoms with E-state index < -0.39 is 0 Å². The zero-order valence-corrected chi connectivity index (χ0v) is 14.8. The predicted octanol–water partition coefficient (Wildman–Crippen LogP) is 2.37. The molecule has 1 atom stereocenters. The van der Waals surface area contributed by atoms with Gasteiger partial charge in [-0.2, -0.15) is 0 Å². The van der Waals surface area contributed by atoms with Crippen LogP contribution in [0.5, 0.6) is 0 Å². The molecule has 26 heavy (non-hydrogen) atoms. The van der Waals surface area contributed by atoms with Gasteiger partial charge in [-0.05, 0) is 37.0 Å². The zero-order chi connectivity index (χ0) is 18.0. The summed E-state index contributed by atoms with van der Waals surface area (Å²) in [6, 6.07) is 5.50. The van der Waals surface area contributed by atoms with Gasteiger partial charge < -0.3 is 14.2 Å². The molecule has 1 spiro atoms. The molecular formula is C20H23N3O3. The normalized spacial score (nSPS) is 22.8. The molecule has 2 aromatic rings. The van der Waals surface area contributed by atoms with Crippen LogP contribution >= 0.6 is 0 Å². The van der Waals surface area contributed by atoms with Crippen molar-refractivity contribution in [3.8, 4) is 0 Å². The first-order valence-corrected chi connectivity index (χ1v) is 9.13. The molecule has 2 aliphatic rings. The third-order valence-corrected chi connectivity index (χ3v) is 5.59. The average molecular weight is 353 g/mol. The van der Waals surface area contributed by atoms with Crippen molar-refractivity contribution in [1.82, 2.24) is 14.8 Å². The van der Waals surface area contributed by atoms with Gasteiger partial charge in [0.1, 0.15) is 6.26 Å². The molecule has 4 rings (SSSR count). The fourth-order valence-corrected chi connectivity index (χ4v) is 4.22. The Labute approximate surface area is 152 Å². The van der Waals surface area contributed by atoms with Gasteiger partial charge in [0.05, 0.1) is 18.2 Å². The summed E-state index contributed by atoms with van der Waals surface area (Å²) in [7, 11) is 0. The summed E-state index contributed by atoms with van der Waals surface area (Å²) < 4.78 is 5.03. The Balaban J connectivity index is 1.40. The van der Waals surface area contributed by atoms with Crippen LogP contribution in [0, 0.1) is 5.41 Å². The summed E-state index contributed by atoms with van der Waals surface area (Å²) in [5, 5.41) is 0. The molecule has 6 nitrogen and oxygen atoms in total. The van der Waals surface area contributed by atoms with E-state index in [4.69, 9.17) is 4.42 Å². The molecule has 0 bridgehead atoms. The van der Waals surface area contributed by atoms with Gasteiger partial charge in [0.25, 0.3) is 5.91 Å². The van der Waals surface area contributed by atoms with Crippen molar-refractivity contribution in [3.63, 3.8) is 0 Å². The number of hydrogen-bond donors (Lipinski definition) is 0. The van der Waals surface area contributed by atoms with Crippen molar-refractivity contribution in [2.24, 2.45) is 5.41 Å². The van der Waals surface area contributed by atoms with Crippen LogP contribution in [0.25, 0.3) is 0 Å². The molecule has 0 unspecified atom stereocenters. The summed E-state index contributed by atoms with van der Waals surface area (Å²) in [5.74, 6) is 0.172. The lowest BCUT2D eigenvalue weighted by Gasteiger charge is -2.40. The number of likely N-dealkylation sites (tertiary alicyclic amines) is 2. The predicted molar refractivity (Wildman–Crippen MR) is 95.4 cm³/mol. The number of rotatable bonds is 3. The molecule has 0 N–H and O–H groups in total. The van der Waals surface area contributed by atoms with E-state index >= 15 is 0 Å². The maximum Gasteiger partial charge on any atom is 0.257 e. The number of pyridine rings is 1. The van der Waals surface area contributed by atoms with Crippen LogP contribution in [0.3, 0.4) is 0 Å². The van der Waals surface area contributed by atoms with Crippen LogP contribution in [0.1, 0.15) is 35.2 Å². The Morgan fingerprint density at radius 1 is 1.15 bits per heavy atom. The van der Waals surface area contributed by atoms with Crippen molar-refractivity contribution in [2.75, 3.05) is 26.2 Å². The number of amides is 2. The van der Waals surface area contributed by atoms with E-state index in [0.29, 0.717) is 18.5 Å². The van der Waals surface area contributed by atoms with E-state index in [1.54, 1.807) is 18.5 Å². The number of aromatic nitrogens is 1. The lowest BCUT2D eigenvalue weighted by atomic mass is 9.79. The number of carbonyl (C=O) groups is 2. The Morgan fingerprint density at radius 2 is 2.04 bits per heavy atom. The largest absolute Gasteiger partial charge is 0.472 e.